The molecule has 3 aliphatic heterocycles. The average Bonchev–Trinajstić information content (AvgIpc) is 3.25. The van der Waals surface area contributed by atoms with E-state index in [4.69, 9.17) is 14.3 Å². The summed E-state index contributed by atoms with van der Waals surface area (Å²) in [5, 5.41) is 4.48. The van der Waals surface area contributed by atoms with E-state index in [1.165, 1.54) is 5.57 Å². The van der Waals surface area contributed by atoms with Crippen LogP contribution >= 0.6 is 0 Å². The van der Waals surface area contributed by atoms with E-state index in [0.717, 1.165) is 74.0 Å². The summed E-state index contributed by atoms with van der Waals surface area (Å²) in [6, 6.07) is 6.68. The summed E-state index contributed by atoms with van der Waals surface area (Å²) < 4.78 is 13.3. The van der Waals surface area contributed by atoms with Crippen molar-refractivity contribution >= 4 is 11.9 Å². The van der Waals surface area contributed by atoms with Gasteiger partial charge in [0.2, 0.25) is 0 Å². The lowest BCUT2D eigenvalue weighted by atomic mass is 9.88. The Morgan fingerprint density at radius 1 is 1.23 bits per heavy atom. The Kier molecular flexibility index (Phi) is 5.68. The van der Waals surface area contributed by atoms with Crippen molar-refractivity contribution in [3.63, 3.8) is 0 Å². The van der Waals surface area contributed by atoms with Crippen molar-refractivity contribution in [2.45, 2.75) is 38.6 Å². The van der Waals surface area contributed by atoms with Crippen molar-refractivity contribution in [1.82, 2.24) is 14.5 Å². The molecule has 7 nitrogen and oxygen atoms in total. The van der Waals surface area contributed by atoms with Gasteiger partial charge in [-0.15, -0.1) is 0 Å². The Labute approximate surface area is 183 Å². The monoisotopic (exact) mass is 422 g/mol. The van der Waals surface area contributed by atoms with E-state index >= 15 is 0 Å². The molecule has 0 saturated carbocycles. The number of benzene rings is 1. The van der Waals surface area contributed by atoms with Crippen molar-refractivity contribution in [1.29, 1.82) is 0 Å². The molecule has 7 heteroatoms. The molecular formula is C24H30N4O3. The number of hydrogen-bond donors (Lipinski definition) is 0. The molecule has 2 aromatic rings. The first-order valence-electron chi connectivity index (χ1n) is 11.2. The number of ether oxygens (including phenoxy) is 2. The van der Waals surface area contributed by atoms with Gasteiger partial charge in [-0.05, 0) is 67.9 Å². The molecule has 31 heavy (non-hydrogen) atoms. The van der Waals surface area contributed by atoms with Crippen molar-refractivity contribution < 1.29 is 14.3 Å². The maximum atomic E-state index is 5.73. The predicted molar refractivity (Wildman–Crippen MR) is 119 cm³/mol. The highest BCUT2D eigenvalue weighted by atomic mass is 16.6. The first-order chi connectivity index (χ1) is 15.2. The largest absolute Gasteiger partial charge is 0.495 e. The third kappa shape index (κ3) is 4.06. The quantitative estimate of drug-likeness (QED) is 0.750. The van der Waals surface area contributed by atoms with E-state index in [9.17, 15) is 0 Å². The van der Waals surface area contributed by atoms with E-state index in [2.05, 4.69) is 39.3 Å². The van der Waals surface area contributed by atoms with Crippen LogP contribution in [0.25, 0.3) is 11.8 Å². The lowest BCUT2D eigenvalue weighted by Crippen LogP contribution is -2.53. The minimum atomic E-state index is 0.390. The summed E-state index contributed by atoms with van der Waals surface area (Å²) in [7, 11) is 1.71. The Bertz CT molecular complexity index is 990. The van der Waals surface area contributed by atoms with Crippen LogP contribution in [0.3, 0.4) is 0 Å². The van der Waals surface area contributed by atoms with Crippen LogP contribution in [0.5, 0.6) is 5.75 Å². The summed E-state index contributed by atoms with van der Waals surface area (Å²) in [6.45, 7) is 5.41. The van der Waals surface area contributed by atoms with Crippen LogP contribution in [0, 0.1) is 12.8 Å². The highest BCUT2D eigenvalue weighted by Crippen LogP contribution is 2.33. The molecule has 1 aromatic heterocycles. The number of rotatable bonds is 4. The van der Waals surface area contributed by atoms with Gasteiger partial charge in [0.05, 0.1) is 30.9 Å². The van der Waals surface area contributed by atoms with E-state index in [1.54, 1.807) is 7.11 Å². The van der Waals surface area contributed by atoms with Gasteiger partial charge in [-0.3, -0.25) is 0 Å². The van der Waals surface area contributed by atoms with Gasteiger partial charge in [0.15, 0.2) is 5.84 Å². The van der Waals surface area contributed by atoms with Crippen LogP contribution in [0.15, 0.2) is 41.5 Å². The zero-order valence-corrected chi connectivity index (χ0v) is 18.3. The molecule has 164 valence electrons. The topological polar surface area (TPSA) is 61.1 Å². The molecular weight excluding hydrogens is 392 g/mol. The predicted octanol–water partition coefficient (Wildman–Crippen LogP) is 3.81. The number of hydrogen-bond acceptors (Lipinski definition) is 6. The minimum Gasteiger partial charge on any atom is -0.495 e. The first-order valence-corrected chi connectivity index (χ1v) is 11.2. The molecule has 0 radical (unpaired) electrons. The van der Waals surface area contributed by atoms with Gasteiger partial charge in [0, 0.05) is 26.0 Å². The normalized spacial score (nSPS) is 23.3. The van der Waals surface area contributed by atoms with Crippen molar-refractivity contribution in [2.75, 3.05) is 33.5 Å². The van der Waals surface area contributed by atoms with E-state index in [1.807, 2.05) is 24.0 Å². The molecule has 0 N–H and O–H groups in total. The van der Waals surface area contributed by atoms with Gasteiger partial charge in [-0.25, -0.2) is 4.98 Å². The van der Waals surface area contributed by atoms with Crippen molar-refractivity contribution in [2.24, 2.45) is 11.1 Å². The fourth-order valence-electron chi connectivity index (χ4n) is 4.92. The van der Waals surface area contributed by atoms with Crippen LogP contribution in [-0.2, 0) is 9.57 Å². The molecule has 1 unspecified atom stereocenters. The van der Waals surface area contributed by atoms with Crippen LogP contribution in [-0.4, -0.2) is 59.8 Å². The Morgan fingerprint density at radius 2 is 2.10 bits per heavy atom. The highest BCUT2D eigenvalue weighted by Gasteiger charge is 2.37. The Balaban J connectivity index is 1.41. The average molecular weight is 423 g/mol. The second kappa shape index (κ2) is 8.75. The smallest absolute Gasteiger partial charge is 0.171 e. The Morgan fingerprint density at radius 3 is 2.87 bits per heavy atom. The third-order valence-electron chi connectivity index (χ3n) is 6.55. The third-order valence-corrected chi connectivity index (χ3v) is 6.55. The maximum Gasteiger partial charge on any atom is 0.171 e. The number of oxime groups is 1. The lowest BCUT2D eigenvalue weighted by Gasteiger charge is -2.44. The molecule has 1 aromatic carbocycles. The summed E-state index contributed by atoms with van der Waals surface area (Å²) in [5.41, 5.74) is 4.29. The standard InChI is InChI=1S/C24H30N4O3/c1-17-14-27(16-25-17)21-6-5-18(13-23(21)29-2)12-20-4-3-9-28-22(15-31-26-24(20)28)19-7-10-30-11-8-19/h5-6,12-14,16,19,22H,3-4,7-11,15H2,1-2H3/b20-12+. The number of methoxy groups -OCH3 is 1. The number of fused-ring (bicyclic) bond motifs is 1. The summed E-state index contributed by atoms with van der Waals surface area (Å²) >= 11 is 0. The SMILES string of the molecule is COc1cc(/C=C2\CCCN3C2=NOCC3C2CCOCC2)ccc1-n1cnc(C)c1. The number of piperidine rings is 1. The van der Waals surface area contributed by atoms with E-state index in [-0.39, 0.29) is 0 Å². The van der Waals surface area contributed by atoms with Gasteiger partial charge in [0.25, 0.3) is 0 Å². The summed E-state index contributed by atoms with van der Waals surface area (Å²) in [6.07, 6.45) is 10.4. The molecule has 2 fully saturated rings. The van der Waals surface area contributed by atoms with E-state index in [0.29, 0.717) is 18.6 Å². The lowest BCUT2D eigenvalue weighted by molar-refractivity contribution is -0.00906. The van der Waals surface area contributed by atoms with Gasteiger partial charge in [0.1, 0.15) is 12.4 Å². The number of aryl methyl sites for hydroxylation is 1. The number of aromatic nitrogens is 2. The molecule has 0 bridgehead atoms. The molecule has 3 aliphatic rings. The van der Waals surface area contributed by atoms with Gasteiger partial charge < -0.3 is 23.8 Å². The number of nitrogens with zero attached hydrogens (tertiary/aromatic N) is 4. The zero-order valence-electron chi connectivity index (χ0n) is 18.3. The Hall–Kier alpha value is -2.80. The maximum absolute atomic E-state index is 5.73. The molecule has 0 amide bonds. The second-order valence-corrected chi connectivity index (χ2v) is 8.55. The van der Waals surface area contributed by atoms with Gasteiger partial charge >= 0.3 is 0 Å². The molecule has 2 saturated heterocycles. The van der Waals surface area contributed by atoms with Gasteiger partial charge in [-0.2, -0.15) is 0 Å². The zero-order chi connectivity index (χ0) is 21.2. The molecule has 4 heterocycles. The molecule has 5 rings (SSSR count). The highest BCUT2D eigenvalue weighted by molar-refractivity contribution is 6.02. The van der Waals surface area contributed by atoms with Crippen LogP contribution < -0.4 is 4.74 Å². The number of amidine groups is 1. The van der Waals surface area contributed by atoms with Crippen LogP contribution in [0.1, 0.15) is 36.9 Å². The molecule has 0 spiro atoms. The minimum absolute atomic E-state index is 0.390. The second-order valence-electron chi connectivity index (χ2n) is 8.55. The van der Waals surface area contributed by atoms with Crippen LogP contribution in [0.4, 0.5) is 0 Å². The summed E-state index contributed by atoms with van der Waals surface area (Å²) in [4.78, 5) is 12.5. The van der Waals surface area contributed by atoms with Crippen molar-refractivity contribution in [3.8, 4) is 11.4 Å². The fourth-order valence-corrected chi connectivity index (χ4v) is 4.92. The fraction of sp³-hybridized carbons (Fsp3) is 0.500. The number of imidazole rings is 1. The van der Waals surface area contributed by atoms with Crippen LogP contribution in [0.2, 0.25) is 0 Å². The van der Waals surface area contributed by atoms with Gasteiger partial charge in [-0.1, -0.05) is 11.2 Å². The van der Waals surface area contributed by atoms with Crippen molar-refractivity contribution in [3.05, 3.63) is 47.6 Å². The van der Waals surface area contributed by atoms with E-state index < -0.39 is 0 Å². The summed E-state index contributed by atoms with van der Waals surface area (Å²) in [5.74, 6) is 2.43. The molecule has 1 atom stereocenters. The first kappa shape index (κ1) is 20.1. The molecule has 0 aliphatic carbocycles.